The normalized spacial score (nSPS) is 10.9. The summed E-state index contributed by atoms with van der Waals surface area (Å²) in [5.41, 5.74) is 8.02. The minimum atomic E-state index is 0.0897. The van der Waals surface area contributed by atoms with E-state index < -0.39 is 0 Å². The first-order valence-electron chi connectivity index (χ1n) is 3.75. The maximum absolute atomic E-state index is 12.4. The monoisotopic (exact) mass is 197 g/mol. The average Bonchev–Trinajstić information content (AvgIpc) is 2.47. The predicted molar refractivity (Wildman–Crippen MR) is 53.0 cm³/mol. The average molecular weight is 197 g/mol. The van der Waals surface area contributed by atoms with Gasteiger partial charge in [-0.2, -0.15) is 9.19 Å². The molecule has 2 N–H and O–H groups in total. The standard InChI is InChI=1S/C8H8FN3S/c1-5-2-7(10)3-6-4-11-12(13-9)8(5)6/h2-4H,10H2,1H3. The van der Waals surface area contributed by atoms with Crippen LogP contribution in [0.1, 0.15) is 5.56 Å². The Morgan fingerprint density at radius 3 is 3.00 bits per heavy atom. The predicted octanol–water partition coefficient (Wildman–Crippen LogP) is 2.31. The van der Waals surface area contributed by atoms with E-state index in [1.807, 2.05) is 6.92 Å². The fourth-order valence-corrected chi connectivity index (χ4v) is 1.82. The summed E-state index contributed by atoms with van der Waals surface area (Å²) >= 11 is 0.0897. The minimum absolute atomic E-state index is 0.0897. The molecule has 3 nitrogen and oxygen atoms in total. The maximum atomic E-state index is 12.4. The SMILES string of the molecule is Cc1cc(N)cc2cnn(SF)c12. The zero-order chi connectivity index (χ0) is 9.42. The first kappa shape index (κ1) is 8.37. The summed E-state index contributed by atoms with van der Waals surface area (Å²) in [5.74, 6) is 0. The third kappa shape index (κ3) is 1.25. The summed E-state index contributed by atoms with van der Waals surface area (Å²) in [7, 11) is 0. The number of aryl methyl sites for hydroxylation is 1. The van der Waals surface area contributed by atoms with Gasteiger partial charge in [0.25, 0.3) is 0 Å². The Kier molecular flexibility index (Phi) is 1.88. The lowest BCUT2D eigenvalue weighted by molar-refractivity contribution is 0.887. The highest BCUT2D eigenvalue weighted by atomic mass is 32.2. The van der Waals surface area contributed by atoms with Crippen LogP contribution in [0.4, 0.5) is 9.57 Å². The summed E-state index contributed by atoms with van der Waals surface area (Å²) in [4.78, 5) is 0. The molecule has 0 bridgehead atoms. The number of nitrogens with two attached hydrogens (primary N) is 1. The molecule has 0 saturated carbocycles. The van der Waals surface area contributed by atoms with Crippen molar-refractivity contribution < 1.29 is 3.89 Å². The first-order valence-corrected chi connectivity index (χ1v) is 4.42. The van der Waals surface area contributed by atoms with Crippen molar-refractivity contribution in [3.05, 3.63) is 23.9 Å². The number of rotatable bonds is 1. The molecule has 0 saturated heterocycles. The summed E-state index contributed by atoms with van der Waals surface area (Å²) in [5, 5.41) is 4.73. The summed E-state index contributed by atoms with van der Waals surface area (Å²) in [6.07, 6.45) is 1.60. The van der Waals surface area contributed by atoms with Crippen molar-refractivity contribution in [3.63, 3.8) is 0 Å². The lowest BCUT2D eigenvalue weighted by Gasteiger charge is -2.00. The Balaban J connectivity index is 2.82. The third-order valence-corrected chi connectivity index (χ3v) is 2.32. The van der Waals surface area contributed by atoms with Crippen molar-refractivity contribution in [3.8, 4) is 0 Å². The van der Waals surface area contributed by atoms with E-state index in [0.29, 0.717) is 5.69 Å². The van der Waals surface area contributed by atoms with Gasteiger partial charge < -0.3 is 5.73 Å². The van der Waals surface area contributed by atoms with Crippen LogP contribution in [0.3, 0.4) is 0 Å². The number of hydrogen-bond donors (Lipinski definition) is 1. The van der Waals surface area contributed by atoms with Crippen molar-refractivity contribution in [1.29, 1.82) is 0 Å². The van der Waals surface area contributed by atoms with Crippen LogP contribution in [-0.4, -0.2) is 9.19 Å². The van der Waals surface area contributed by atoms with Gasteiger partial charge in [0.05, 0.1) is 11.7 Å². The molecule has 1 aromatic carbocycles. The van der Waals surface area contributed by atoms with Gasteiger partial charge >= 0.3 is 0 Å². The Bertz CT molecular complexity index is 452. The molecule has 5 heteroatoms. The van der Waals surface area contributed by atoms with E-state index in [1.54, 1.807) is 18.3 Å². The van der Waals surface area contributed by atoms with Crippen LogP contribution in [0.5, 0.6) is 0 Å². The highest BCUT2D eigenvalue weighted by Gasteiger charge is 2.06. The Labute approximate surface area is 79.1 Å². The van der Waals surface area contributed by atoms with Crippen LogP contribution in [0.2, 0.25) is 0 Å². The van der Waals surface area contributed by atoms with Gasteiger partial charge in [-0.3, -0.25) is 0 Å². The molecule has 0 radical (unpaired) electrons. The van der Waals surface area contributed by atoms with Gasteiger partial charge in [0.15, 0.2) is 12.3 Å². The first-order chi connectivity index (χ1) is 6.22. The van der Waals surface area contributed by atoms with E-state index in [4.69, 9.17) is 5.73 Å². The third-order valence-electron chi connectivity index (χ3n) is 1.91. The number of aromatic nitrogens is 2. The zero-order valence-electron chi connectivity index (χ0n) is 6.99. The highest BCUT2D eigenvalue weighted by molar-refractivity contribution is 7.92. The fourth-order valence-electron chi connectivity index (χ4n) is 1.42. The van der Waals surface area contributed by atoms with Gasteiger partial charge in [-0.05, 0) is 24.6 Å². The van der Waals surface area contributed by atoms with Gasteiger partial charge in [-0.15, -0.1) is 3.89 Å². The van der Waals surface area contributed by atoms with E-state index in [2.05, 4.69) is 5.10 Å². The van der Waals surface area contributed by atoms with Crippen LogP contribution in [-0.2, 0) is 0 Å². The topological polar surface area (TPSA) is 43.8 Å². The zero-order valence-corrected chi connectivity index (χ0v) is 7.81. The van der Waals surface area contributed by atoms with E-state index in [9.17, 15) is 3.89 Å². The number of halogens is 1. The summed E-state index contributed by atoms with van der Waals surface area (Å²) < 4.78 is 13.6. The second-order valence-electron chi connectivity index (χ2n) is 2.86. The number of benzene rings is 1. The molecule has 0 amide bonds. The van der Waals surface area contributed by atoms with Crippen LogP contribution in [0, 0.1) is 6.92 Å². The molecule has 0 spiro atoms. The van der Waals surface area contributed by atoms with Gasteiger partial charge in [0.2, 0.25) is 0 Å². The minimum Gasteiger partial charge on any atom is -0.399 e. The van der Waals surface area contributed by atoms with Crippen molar-refractivity contribution in [2.45, 2.75) is 6.92 Å². The van der Waals surface area contributed by atoms with Gasteiger partial charge in [0, 0.05) is 11.1 Å². The van der Waals surface area contributed by atoms with Crippen LogP contribution >= 0.6 is 12.3 Å². The number of nitrogen functional groups attached to an aromatic ring is 1. The smallest absolute Gasteiger partial charge is 0.188 e. The van der Waals surface area contributed by atoms with Gasteiger partial charge in [-0.25, -0.2) is 0 Å². The van der Waals surface area contributed by atoms with E-state index in [0.717, 1.165) is 16.5 Å². The van der Waals surface area contributed by atoms with Crippen molar-refractivity contribution in [2.24, 2.45) is 0 Å². The van der Waals surface area contributed by atoms with Crippen LogP contribution in [0.15, 0.2) is 18.3 Å². The molecule has 0 atom stereocenters. The second-order valence-corrected chi connectivity index (χ2v) is 3.35. The lowest BCUT2D eigenvalue weighted by atomic mass is 10.1. The molecular formula is C8H8FN3S. The molecule has 68 valence electrons. The summed E-state index contributed by atoms with van der Waals surface area (Å²) in [6.45, 7) is 1.88. The largest absolute Gasteiger partial charge is 0.399 e. The highest BCUT2D eigenvalue weighted by Crippen LogP contribution is 2.24. The molecule has 2 rings (SSSR count). The van der Waals surface area contributed by atoms with Crippen LogP contribution in [0.25, 0.3) is 10.9 Å². The molecule has 0 aliphatic carbocycles. The van der Waals surface area contributed by atoms with E-state index in [-0.39, 0.29) is 12.3 Å². The lowest BCUT2D eigenvalue weighted by Crippen LogP contribution is -1.90. The molecule has 0 unspecified atom stereocenters. The molecule has 0 aliphatic rings. The quantitative estimate of drug-likeness (QED) is 0.713. The molecular weight excluding hydrogens is 189 g/mol. The Morgan fingerprint density at radius 1 is 1.54 bits per heavy atom. The summed E-state index contributed by atoms with van der Waals surface area (Å²) in [6, 6.07) is 3.58. The molecule has 2 aromatic rings. The molecule has 1 aromatic heterocycles. The van der Waals surface area contributed by atoms with E-state index >= 15 is 0 Å². The maximum Gasteiger partial charge on any atom is 0.188 e. The van der Waals surface area contributed by atoms with Gasteiger partial charge in [-0.1, -0.05) is 0 Å². The molecule has 1 heterocycles. The van der Waals surface area contributed by atoms with Crippen molar-refractivity contribution in [2.75, 3.05) is 5.73 Å². The van der Waals surface area contributed by atoms with Crippen molar-refractivity contribution in [1.82, 2.24) is 9.19 Å². The number of nitrogens with zero attached hydrogens (tertiary/aromatic N) is 2. The van der Waals surface area contributed by atoms with Crippen LogP contribution < -0.4 is 5.73 Å². The second kappa shape index (κ2) is 2.92. The fraction of sp³-hybridized carbons (Fsp3) is 0.125. The Hall–Kier alpha value is -1.23. The number of fused-ring (bicyclic) bond motifs is 1. The van der Waals surface area contributed by atoms with Crippen molar-refractivity contribution >= 4 is 28.9 Å². The molecule has 0 fully saturated rings. The number of anilines is 1. The van der Waals surface area contributed by atoms with Gasteiger partial charge in [0.1, 0.15) is 0 Å². The Morgan fingerprint density at radius 2 is 2.31 bits per heavy atom. The molecule has 13 heavy (non-hydrogen) atoms. The number of hydrogen-bond acceptors (Lipinski definition) is 3. The molecule has 0 aliphatic heterocycles. The van der Waals surface area contributed by atoms with E-state index in [1.165, 1.54) is 4.09 Å².